The molecule has 0 saturated heterocycles. The summed E-state index contributed by atoms with van der Waals surface area (Å²) in [6.07, 6.45) is 0.864. The van der Waals surface area contributed by atoms with Gasteiger partial charge in [-0.25, -0.2) is 0 Å². The molecule has 0 amide bonds. The predicted octanol–water partition coefficient (Wildman–Crippen LogP) is 7.80. The van der Waals surface area contributed by atoms with E-state index in [4.69, 9.17) is 37.4 Å². The Hall–Kier alpha value is -2.27. The van der Waals surface area contributed by atoms with Crippen molar-refractivity contribution in [2.24, 2.45) is 0 Å². The molecule has 1 unspecified atom stereocenters. The van der Waals surface area contributed by atoms with Crippen LogP contribution >= 0.6 is 23.2 Å². The summed E-state index contributed by atoms with van der Waals surface area (Å²) in [7, 11) is 0. The van der Waals surface area contributed by atoms with Crippen molar-refractivity contribution in [2.45, 2.75) is 37.1 Å². The molecule has 0 bridgehead atoms. The number of ether oxygens (including phenoxy) is 3. The van der Waals surface area contributed by atoms with Crippen LogP contribution in [0, 0.1) is 0 Å². The minimum atomic E-state index is -2.75. The summed E-state index contributed by atoms with van der Waals surface area (Å²) in [6.45, 7) is 5.21. The molecule has 0 fully saturated rings. The first-order valence-electron chi connectivity index (χ1n) is 10.0. The molecule has 0 heterocycles. The van der Waals surface area contributed by atoms with Gasteiger partial charge in [-0.05, 0) is 77.1 Å². The van der Waals surface area contributed by atoms with E-state index >= 15 is 0 Å². The highest BCUT2D eigenvalue weighted by Gasteiger charge is 2.27. The molecule has 3 rings (SSSR count). The van der Waals surface area contributed by atoms with Crippen molar-refractivity contribution >= 4 is 23.2 Å². The first-order valence-corrected chi connectivity index (χ1v) is 10.8. The van der Waals surface area contributed by atoms with E-state index in [1.807, 2.05) is 66.7 Å². The van der Waals surface area contributed by atoms with E-state index in [0.29, 0.717) is 13.2 Å². The first-order chi connectivity index (χ1) is 14.8. The van der Waals surface area contributed by atoms with Crippen molar-refractivity contribution in [1.29, 1.82) is 0 Å². The molecule has 0 N–H and O–H groups in total. The molecule has 6 heteroatoms. The fraction of sp³-hybridized carbons (Fsp3) is 0.280. The molecular formula is C25H25Cl2FO3. The predicted molar refractivity (Wildman–Crippen MR) is 123 cm³/mol. The summed E-state index contributed by atoms with van der Waals surface area (Å²) < 4.78 is 27.2. The van der Waals surface area contributed by atoms with Gasteiger partial charge in [-0.2, -0.15) is 4.39 Å². The zero-order valence-electron chi connectivity index (χ0n) is 17.5. The monoisotopic (exact) mass is 462 g/mol. The van der Waals surface area contributed by atoms with Gasteiger partial charge in [-0.15, -0.1) is 0 Å². The third kappa shape index (κ3) is 7.13. The van der Waals surface area contributed by atoms with E-state index in [-0.39, 0.29) is 11.2 Å². The molecule has 0 spiro atoms. The lowest BCUT2D eigenvalue weighted by molar-refractivity contribution is 0.0745. The van der Waals surface area contributed by atoms with Crippen LogP contribution in [0.1, 0.15) is 31.4 Å². The average Bonchev–Trinajstić information content (AvgIpc) is 2.74. The zero-order chi connectivity index (χ0) is 22.3. The van der Waals surface area contributed by atoms with Gasteiger partial charge in [0.25, 0.3) is 0 Å². The lowest BCUT2D eigenvalue weighted by Crippen LogP contribution is -2.27. The van der Waals surface area contributed by atoms with Gasteiger partial charge in [0, 0.05) is 5.41 Å². The van der Waals surface area contributed by atoms with E-state index in [1.165, 1.54) is 0 Å². The minimum Gasteiger partial charge on any atom is -0.457 e. The second kappa shape index (κ2) is 10.4. The standard InChI is InChI=1S/C25H25Cl2FO3/c1-3-24(2,20-12-14-22(15-13-20)31-25(26,27)28)18-29-17-19-8-7-11-23(16-19)30-21-9-5-4-6-10-21/h4-16H,3,17-18H2,1-2H3. The third-order valence-corrected chi connectivity index (χ3v) is 5.29. The second-order valence-corrected chi connectivity index (χ2v) is 8.71. The Kier molecular flexibility index (Phi) is 7.82. The Morgan fingerprint density at radius 2 is 1.52 bits per heavy atom. The third-order valence-electron chi connectivity index (χ3n) is 5.13. The first kappa shape index (κ1) is 23.4. The highest BCUT2D eigenvalue weighted by Crippen LogP contribution is 2.32. The van der Waals surface area contributed by atoms with Gasteiger partial charge >= 0.3 is 4.77 Å². The molecule has 164 valence electrons. The highest BCUT2D eigenvalue weighted by molar-refractivity contribution is 6.46. The van der Waals surface area contributed by atoms with Gasteiger partial charge in [-0.3, -0.25) is 0 Å². The topological polar surface area (TPSA) is 27.7 Å². The summed E-state index contributed by atoms with van der Waals surface area (Å²) in [4.78, 5) is 0. The fourth-order valence-electron chi connectivity index (χ4n) is 3.17. The summed E-state index contributed by atoms with van der Waals surface area (Å²) in [5.41, 5.74) is 1.86. The Morgan fingerprint density at radius 3 is 2.16 bits per heavy atom. The molecule has 31 heavy (non-hydrogen) atoms. The average molecular weight is 463 g/mol. The van der Waals surface area contributed by atoms with Crippen LogP contribution in [-0.4, -0.2) is 11.4 Å². The van der Waals surface area contributed by atoms with E-state index in [1.54, 1.807) is 12.1 Å². The molecule has 3 aromatic rings. The van der Waals surface area contributed by atoms with Crippen LogP contribution in [0.4, 0.5) is 4.39 Å². The van der Waals surface area contributed by atoms with Gasteiger partial charge in [0.2, 0.25) is 0 Å². The summed E-state index contributed by atoms with van der Waals surface area (Å²) >= 11 is 10.5. The normalized spacial score (nSPS) is 13.5. The summed E-state index contributed by atoms with van der Waals surface area (Å²) in [5.74, 6) is 1.81. The number of alkyl halides is 3. The maximum Gasteiger partial charge on any atom is 0.410 e. The Labute approximate surface area is 192 Å². The number of hydrogen-bond donors (Lipinski definition) is 0. The smallest absolute Gasteiger partial charge is 0.410 e. The van der Waals surface area contributed by atoms with Crippen LogP contribution < -0.4 is 9.47 Å². The van der Waals surface area contributed by atoms with Gasteiger partial charge in [0.1, 0.15) is 17.2 Å². The Bertz CT molecular complexity index is 959. The van der Waals surface area contributed by atoms with Crippen molar-refractivity contribution in [1.82, 2.24) is 0 Å². The maximum atomic E-state index is 13.2. The van der Waals surface area contributed by atoms with Gasteiger partial charge in [0.15, 0.2) is 0 Å². The molecule has 0 aliphatic carbocycles. The molecule has 3 nitrogen and oxygen atoms in total. The Morgan fingerprint density at radius 1 is 0.839 bits per heavy atom. The molecular weight excluding hydrogens is 438 g/mol. The number of hydrogen-bond acceptors (Lipinski definition) is 3. The van der Waals surface area contributed by atoms with Crippen LogP contribution in [0.5, 0.6) is 17.2 Å². The summed E-state index contributed by atoms with van der Waals surface area (Å²) in [5, 5.41) is 0. The van der Waals surface area contributed by atoms with Crippen LogP contribution in [-0.2, 0) is 16.8 Å². The number of halogens is 3. The van der Waals surface area contributed by atoms with Crippen LogP contribution in [0.15, 0.2) is 78.9 Å². The molecule has 0 aromatic heterocycles. The van der Waals surface area contributed by atoms with Crippen LogP contribution in [0.2, 0.25) is 0 Å². The molecule has 0 saturated carbocycles. The zero-order valence-corrected chi connectivity index (χ0v) is 19.0. The van der Waals surface area contributed by atoms with E-state index < -0.39 is 4.77 Å². The van der Waals surface area contributed by atoms with E-state index in [2.05, 4.69) is 13.8 Å². The summed E-state index contributed by atoms with van der Waals surface area (Å²) in [6, 6.07) is 24.5. The van der Waals surface area contributed by atoms with Crippen molar-refractivity contribution in [3.63, 3.8) is 0 Å². The number of benzene rings is 3. The fourth-order valence-corrected chi connectivity index (χ4v) is 3.34. The highest BCUT2D eigenvalue weighted by atomic mass is 35.5. The van der Waals surface area contributed by atoms with Crippen molar-refractivity contribution < 1.29 is 18.6 Å². The molecule has 1 atom stereocenters. The number of rotatable bonds is 10. The molecule has 3 aromatic carbocycles. The maximum absolute atomic E-state index is 13.2. The largest absolute Gasteiger partial charge is 0.457 e. The van der Waals surface area contributed by atoms with E-state index in [0.717, 1.165) is 29.0 Å². The van der Waals surface area contributed by atoms with Gasteiger partial charge in [-0.1, -0.05) is 56.3 Å². The van der Waals surface area contributed by atoms with Gasteiger partial charge in [0.05, 0.1) is 13.2 Å². The lowest BCUT2D eigenvalue weighted by atomic mass is 9.81. The van der Waals surface area contributed by atoms with Crippen LogP contribution in [0.3, 0.4) is 0 Å². The molecule has 0 aliphatic rings. The van der Waals surface area contributed by atoms with E-state index in [9.17, 15) is 4.39 Å². The van der Waals surface area contributed by atoms with Crippen LogP contribution in [0.25, 0.3) is 0 Å². The second-order valence-electron chi connectivity index (χ2n) is 7.54. The van der Waals surface area contributed by atoms with Crippen molar-refractivity contribution in [3.05, 3.63) is 90.0 Å². The SMILES string of the molecule is CCC(C)(COCc1cccc(Oc2ccccc2)c1)c1ccc(OC(F)(Cl)Cl)cc1. The minimum absolute atomic E-state index is 0.217. The van der Waals surface area contributed by atoms with Gasteiger partial charge < -0.3 is 14.2 Å². The van der Waals surface area contributed by atoms with Crippen molar-refractivity contribution in [2.75, 3.05) is 6.61 Å². The lowest BCUT2D eigenvalue weighted by Gasteiger charge is -2.29. The molecule has 0 radical (unpaired) electrons. The number of para-hydroxylation sites is 1. The quantitative estimate of drug-likeness (QED) is 0.287. The molecule has 0 aliphatic heterocycles. The Balaban J connectivity index is 1.59. The van der Waals surface area contributed by atoms with Crippen molar-refractivity contribution in [3.8, 4) is 17.2 Å².